The zero-order valence-corrected chi connectivity index (χ0v) is 15.9. The number of carbonyl (C=O) groups excluding carboxylic acids is 2. The topological polar surface area (TPSA) is 102 Å². The smallest absolute Gasteiger partial charge is 0.408 e. The molecule has 0 saturated carbocycles. The number of nitrogen functional groups attached to an aromatic ring is 1. The third-order valence-electron chi connectivity index (χ3n) is 3.89. The zero-order valence-electron chi connectivity index (χ0n) is 15.9. The van der Waals surface area contributed by atoms with E-state index in [4.69, 9.17) is 10.5 Å². The molecule has 1 atom stereocenters. The van der Waals surface area contributed by atoms with Crippen molar-refractivity contribution in [1.82, 2.24) is 5.32 Å². The maximum absolute atomic E-state index is 13.2. The number of aliphatic hydroxyl groups is 1. The van der Waals surface area contributed by atoms with Crippen LogP contribution in [0.2, 0.25) is 0 Å². The first-order valence-corrected chi connectivity index (χ1v) is 8.77. The molecule has 1 amide bonds. The third kappa shape index (κ3) is 5.82. The number of anilines is 1. The number of nitrogens with two attached hydrogens (primary N) is 1. The van der Waals surface area contributed by atoms with Crippen molar-refractivity contribution in [1.29, 1.82) is 0 Å². The van der Waals surface area contributed by atoms with Gasteiger partial charge < -0.3 is 20.9 Å². The largest absolute Gasteiger partial charge is 0.444 e. The van der Waals surface area contributed by atoms with Crippen LogP contribution in [-0.2, 0) is 17.8 Å². The number of hydrogen-bond acceptors (Lipinski definition) is 5. The molecule has 0 fully saturated rings. The van der Waals surface area contributed by atoms with Crippen LogP contribution in [0.15, 0.2) is 48.5 Å². The fourth-order valence-electron chi connectivity index (χ4n) is 2.74. The van der Waals surface area contributed by atoms with Gasteiger partial charge in [0.05, 0.1) is 12.6 Å². The number of amides is 1. The molecule has 0 heterocycles. The number of rotatable bonds is 6. The minimum absolute atomic E-state index is 0.219. The summed E-state index contributed by atoms with van der Waals surface area (Å²) in [6.07, 6.45) is -0.408. The highest BCUT2D eigenvalue weighted by molar-refractivity contribution is 6.06. The van der Waals surface area contributed by atoms with Crippen LogP contribution >= 0.6 is 0 Å². The van der Waals surface area contributed by atoms with E-state index in [0.717, 1.165) is 5.56 Å². The number of benzene rings is 2. The quantitative estimate of drug-likeness (QED) is 0.536. The number of ether oxygens (including phenoxy) is 1. The number of ketones is 1. The molecule has 2 rings (SSSR count). The van der Waals surface area contributed by atoms with Crippen molar-refractivity contribution in [2.24, 2.45) is 0 Å². The molecule has 0 aliphatic heterocycles. The maximum atomic E-state index is 13.2. The van der Waals surface area contributed by atoms with Gasteiger partial charge in [-0.05, 0) is 38.0 Å². The van der Waals surface area contributed by atoms with Crippen LogP contribution in [0.1, 0.15) is 42.3 Å². The molecule has 0 radical (unpaired) electrons. The SMILES string of the molecule is CC(C)(C)OC(=O)NC(Cc1ccccc1)C(=O)c1c(N)cccc1CO. The number of Topliss-reactive ketones (excluding diaryl/α,β-unsaturated/α-hetero) is 1. The van der Waals surface area contributed by atoms with E-state index >= 15 is 0 Å². The molecule has 1 unspecified atom stereocenters. The van der Waals surface area contributed by atoms with Gasteiger partial charge in [-0.3, -0.25) is 4.79 Å². The van der Waals surface area contributed by atoms with E-state index in [0.29, 0.717) is 5.56 Å². The Morgan fingerprint density at radius 2 is 1.78 bits per heavy atom. The van der Waals surface area contributed by atoms with Gasteiger partial charge in [0.15, 0.2) is 5.78 Å². The van der Waals surface area contributed by atoms with Gasteiger partial charge >= 0.3 is 6.09 Å². The Hall–Kier alpha value is -2.86. The van der Waals surface area contributed by atoms with Gasteiger partial charge in [0.2, 0.25) is 0 Å². The van der Waals surface area contributed by atoms with Crippen molar-refractivity contribution < 1.29 is 19.4 Å². The van der Waals surface area contributed by atoms with E-state index in [1.807, 2.05) is 30.3 Å². The number of hydrogen-bond donors (Lipinski definition) is 3. The minimum atomic E-state index is -0.878. The Kier molecular flexibility index (Phi) is 6.58. The summed E-state index contributed by atoms with van der Waals surface area (Å²) in [7, 11) is 0. The van der Waals surface area contributed by atoms with Gasteiger partial charge in [-0.1, -0.05) is 42.5 Å². The van der Waals surface area contributed by atoms with Gasteiger partial charge in [-0.15, -0.1) is 0 Å². The Morgan fingerprint density at radius 3 is 2.37 bits per heavy atom. The predicted octanol–water partition coefficient (Wildman–Crippen LogP) is 3.08. The summed E-state index contributed by atoms with van der Waals surface area (Å²) in [5.74, 6) is -0.369. The summed E-state index contributed by atoms with van der Waals surface area (Å²) in [6, 6.07) is 13.4. The summed E-state index contributed by atoms with van der Waals surface area (Å²) in [6.45, 7) is 4.93. The summed E-state index contributed by atoms with van der Waals surface area (Å²) >= 11 is 0. The molecule has 6 heteroatoms. The van der Waals surface area contributed by atoms with Crippen LogP contribution in [-0.4, -0.2) is 28.6 Å². The van der Waals surface area contributed by atoms with Crippen molar-refractivity contribution in [3.8, 4) is 0 Å². The van der Waals surface area contributed by atoms with Crippen LogP contribution in [0.25, 0.3) is 0 Å². The molecular formula is C21H26N2O4. The lowest BCUT2D eigenvalue weighted by Gasteiger charge is -2.24. The molecule has 0 aromatic heterocycles. The van der Waals surface area contributed by atoms with E-state index in [9.17, 15) is 14.7 Å². The molecule has 2 aromatic carbocycles. The first-order valence-electron chi connectivity index (χ1n) is 8.77. The monoisotopic (exact) mass is 370 g/mol. The van der Waals surface area contributed by atoms with E-state index in [1.165, 1.54) is 0 Å². The standard InChI is InChI=1S/C21H26N2O4/c1-21(2,3)27-20(26)23-17(12-14-8-5-4-6-9-14)19(25)18-15(13-24)10-7-11-16(18)22/h4-11,17,24H,12-13,22H2,1-3H3,(H,23,26). The van der Waals surface area contributed by atoms with Crippen molar-refractivity contribution in [2.75, 3.05) is 5.73 Å². The van der Waals surface area contributed by atoms with Crippen molar-refractivity contribution >= 4 is 17.6 Å². The number of nitrogens with one attached hydrogen (secondary N) is 1. The average Bonchev–Trinajstić information content (AvgIpc) is 2.59. The van der Waals surface area contributed by atoms with E-state index < -0.39 is 17.7 Å². The molecule has 0 aliphatic carbocycles. The van der Waals surface area contributed by atoms with Gasteiger partial charge in [0.25, 0.3) is 0 Å². The molecular weight excluding hydrogens is 344 g/mol. The molecule has 0 spiro atoms. The molecule has 0 saturated heterocycles. The Bertz CT molecular complexity index is 798. The molecule has 0 bridgehead atoms. The van der Waals surface area contributed by atoms with Crippen LogP contribution < -0.4 is 11.1 Å². The lowest BCUT2D eigenvalue weighted by atomic mass is 9.93. The highest BCUT2D eigenvalue weighted by Gasteiger charge is 2.28. The summed E-state index contributed by atoms with van der Waals surface area (Å²) in [5, 5.41) is 12.2. The van der Waals surface area contributed by atoms with Gasteiger partial charge in [0, 0.05) is 17.7 Å². The lowest BCUT2D eigenvalue weighted by Crippen LogP contribution is -2.45. The maximum Gasteiger partial charge on any atom is 0.408 e. The third-order valence-corrected chi connectivity index (χ3v) is 3.89. The molecule has 0 aliphatic rings. The van der Waals surface area contributed by atoms with Crippen molar-refractivity contribution in [3.05, 3.63) is 65.2 Å². The molecule has 2 aromatic rings. The van der Waals surface area contributed by atoms with Crippen LogP contribution in [0.4, 0.5) is 10.5 Å². The second-order valence-electron chi connectivity index (χ2n) is 7.29. The van der Waals surface area contributed by atoms with E-state index in [-0.39, 0.29) is 30.1 Å². The Balaban J connectivity index is 2.34. The first-order chi connectivity index (χ1) is 12.7. The van der Waals surface area contributed by atoms with E-state index in [1.54, 1.807) is 39.0 Å². The number of carbonyl (C=O) groups is 2. The van der Waals surface area contributed by atoms with Crippen molar-refractivity contribution in [2.45, 2.75) is 45.4 Å². The highest BCUT2D eigenvalue weighted by Crippen LogP contribution is 2.21. The van der Waals surface area contributed by atoms with Crippen LogP contribution in [0, 0.1) is 0 Å². The first kappa shape index (κ1) is 20.5. The van der Waals surface area contributed by atoms with Gasteiger partial charge in [-0.2, -0.15) is 0 Å². The van der Waals surface area contributed by atoms with Crippen LogP contribution in [0.5, 0.6) is 0 Å². The fourth-order valence-corrected chi connectivity index (χ4v) is 2.74. The summed E-state index contributed by atoms with van der Waals surface area (Å²) < 4.78 is 5.30. The fraction of sp³-hybridized carbons (Fsp3) is 0.333. The van der Waals surface area contributed by atoms with Gasteiger partial charge in [-0.25, -0.2) is 4.79 Å². The van der Waals surface area contributed by atoms with E-state index in [2.05, 4.69) is 5.32 Å². The average molecular weight is 370 g/mol. The molecule has 144 valence electrons. The summed E-state index contributed by atoms with van der Waals surface area (Å²) in [4.78, 5) is 25.5. The number of alkyl carbamates (subject to hydrolysis) is 1. The summed E-state index contributed by atoms with van der Waals surface area (Å²) in [5.41, 5.74) is 7.08. The second kappa shape index (κ2) is 8.68. The Morgan fingerprint density at radius 1 is 1.11 bits per heavy atom. The molecule has 27 heavy (non-hydrogen) atoms. The normalized spacial score (nSPS) is 12.3. The predicted molar refractivity (Wildman–Crippen MR) is 104 cm³/mol. The molecule has 6 nitrogen and oxygen atoms in total. The number of aliphatic hydroxyl groups excluding tert-OH is 1. The van der Waals surface area contributed by atoms with Gasteiger partial charge in [0.1, 0.15) is 5.60 Å². The lowest BCUT2D eigenvalue weighted by molar-refractivity contribution is 0.0491. The van der Waals surface area contributed by atoms with Crippen LogP contribution in [0.3, 0.4) is 0 Å². The minimum Gasteiger partial charge on any atom is -0.444 e. The highest BCUT2D eigenvalue weighted by atomic mass is 16.6. The Labute approximate surface area is 159 Å². The van der Waals surface area contributed by atoms with Crippen molar-refractivity contribution in [3.63, 3.8) is 0 Å². The second-order valence-corrected chi connectivity index (χ2v) is 7.29. The molecule has 4 N–H and O–H groups in total. The zero-order chi connectivity index (χ0) is 20.0.